The van der Waals surface area contributed by atoms with Crippen molar-refractivity contribution in [3.05, 3.63) is 40.8 Å². The van der Waals surface area contributed by atoms with E-state index in [1.54, 1.807) is 17.4 Å². The van der Waals surface area contributed by atoms with E-state index in [4.69, 9.17) is 5.70 Å². The van der Waals surface area contributed by atoms with Crippen molar-refractivity contribution in [2.45, 2.75) is 13.0 Å². The molecule has 3 aromatic rings. The summed E-state index contributed by atoms with van der Waals surface area (Å²) in [5.74, 6) is 0.235. The van der Waals surface area contributed by atoms with Crippen LogP contribution in [0, 0.1) is 0 Å². The molecule has 7 heteroatoms. The predicted molar refractivity (Wildman–Crippen MR) is 84.4 cm³/mol. The summed E-state index contributed by atoms with van der Waals surface area (Å²) in [4.78, 5) is 2.33. The zero-order valence-corrected chi connectivity index (χ0v) is 14.6. The van der Waals surface area contributed by atoms with E-state index in [2.05, 4.69) is 19.4 Å². The van der Waals surface area contributed by atoms with Crippen LogP contribution in [-0.2, 0) is 13.0 Å². The van der Waals surface area contributed by atoms with E-state index in [1.807, 2.05) is 18.2 Å². The van der Waals surface area contributed by atoms with E-state index >= 15 is 0 Å². The zero-order valence-electron chi connectivity index (χ0n) is 11.7. The second-order valence-electron chi connectivity index (χ2n) is 5.16. The molecule has 2 aromatic heterocycles. The van der Waals surface area contributed by atoms with Crippen molar-refractivity contribution in [2.24, 2.45) is 0 Å². The number of hydrogen-bond donors (Lipinski definition) is 1. The first-order chi connectivity index (χ1) is 10.8. The van der Waals surface area contributed by atoms with Crippen LogP contribution in [0.3, 0.4) is 0 Å². The minimum atomic E-state index is -0.347. The first-order valence-corrected chi connectivity index (χ1v) is 9.94. The monoisotopic (exact) mass is 420 g/mol. The number of halogens is 1. The summed E-state index contributed by atoms with van der Waals surface area (Å²) < 4.78 is 2.34. The number of phenols is 1. The van der Waals surface area contributed by atoms with Crippen molar-refractivity contribution >= 4 is 27.3 Å². The van der Waals surface area contributed by atoms with Crippen molar-refractivity contribution in [2.75, 3.05) is 6.54 Å². The van der Waals surface area contributed by atoms with E-state index < -0.39 is 0 Å². The van der Waals surface area contributed by atoms with E-state index in [0.29, 0.717) is 0 Å². The number of aromatic hydroxyl groups is 1. The molecule has 0 bridgehead atoms. The quantitative estimate of drug-likeness (QED) is 0.346. The fourth-order valence-electron chi connectivity index (χ4n) is 2.78. The molecule has 0 spiro atoms. The van der Waals surface area contributed by atoms with Crippen molar-refractivity contribution in [3.8, 4) is 17.0 Å². The van der Waals surface area contributed by atoms with Gasteiger partial charge in [-0.2, -0.15) is 0 Å². The number of para-hydroxylation sites is 1. The molecule has 22 heavy (non-hydrogen) atoms. The van der Waals surface area contributed by atoms with E-state index in [9.17, 15) is 5.11 Å². The van der Waals surface area contributed by atoms with Crippen LogP contribution in [0.15, 0.2) is 30.3 Å². The second kappa shape index (κ2) is 5.79. The van der Waals surface area contributed by atoms with Crippen molar-refractivity contribution in [1.82, 2.24) is 13.3 Å². The fraction of sp³-hybridized carbons (Fsp3) is 0.200. The molecule has 1 aromatic carbocycles. The third kappa shape index (κ3) is 2.41. The first kappa shape index (κ1) is 14.4. The van der Waals surface area contributed by atoms with Gasteiger partial charge in [-0.3, -0.25) is 0 Å². The van der Waals surface area contributed by atoms with Gasteiger partial charge in [0.25, 0.3) is 0 Å². The number of benzene rings is 1. The summed E-state index contributed by atoms with van der Waals surface area (Å²) in [6.45, 7) is 1.96. The summed E-state index contributed by atoms with van der Waals surface area (Å²) in [7, 11) is 0. The van der Waals surface area contributed by atoms with Gasteiger partial charge in [0.2, 0.25) is 0 Å². The molecule has 0 aliphatic carbocycles. The molecular weight excluding hydrogens is 408 g/mol. The molecule has 0 amide bonds. The Morgan fingerprint density at radius 2 is 2.14 bits per heavy atom. The van der Waals surface area contributed by atoms with Crippen LogP contribution in [-0.4, -0.2) is 30.7 Å². The first-order valence-electron chi connectivity index (χ1n) is 6.91. The van der Waals surface area contributed by atoms with Crippen LogP contribution in [0.5, 0.6) is 5.75 Å². The average Bonchev–Trinajstić information content (AvgIpc) is 2.92. The molecule has 0 unspecified atom stereocenters. The van der Waals surface area contributed by atoms with Gasteiger partial charge in [0.05, 0.1) is 0 Å². The molecule has 0 atom stereocenters. The second-order valence-corrected chi connectivity index (χ2v) is 8.17. The van der Waals surface area contributed by atoms with Crippen LogP contribution in [0.25, 0.3) is 21.5 Å². The number of hydrogen-bond acceptors (Lipinski definition) is 5. The van der Waals surface area contributed by atoms with Gasteiger partial charge in [-0.15, -0.1) is 0 Å². The van der Waals surface area contributed by atoms with Crippen LogP contribution < -0.4 is 21.3 Å². The Hall–Kier alpha value is -1.19. The summed E-state index contributed by atoms with van der Waals surface area (Å²) >= 11 is 1.36. The standard InChI is InChI=1S/C15H12BIN3OS/c16-17-20-6-5-9-11-7-12(10-3-1-2-4-13(10)21)18-19-15(11)22-14(9)8-20/h1-4,7,21H,5-6,8H2/q-1. The number of phenolic OH excluding ortho intramolecular Hbond substituents is 1. The number of aromatic nitrogens is 2. The van der Waals surface area contributed by atoms with Gasteiger partial charge in [-0.25, -0.2) is 0 Å². The molecule has 4 nitrogen and oxygen atoms in total. The van der Waals surface area contributed by atoms with Crippen LogP contribution in [0.2, 0.25) is 0 Å². The Bertz CT molecular complexity index is 854. The Balaban J connectivity index is 1.83. The summed E-state index contributed by atoms with van der Waals surface area (Å²) in [6, 6.07) is 9.30. The van der Waals surface area contributed by atoms with Crippen molar-refractivity contribution in [1.29, 1.82) is 0 Å². The molecule has 3 heterocycles. The normalized spacial score (nSPS) is 15.3. The number of nitrogens with zero attached hydrogens (tertiary/aromatic N) is 3. The Kier molecular flexibility index (Phi) is 3.79. The predicted octanol–water partition coefficient (Wildman–Crippen LogP) is -0.490. The van der Waals surface area contributed by atoms with Gasteiger partial charge in [0, 0.05) is 0 Å². The molecule has 0 saturated carbocycles. The third-order valence-electron chi connectivity index (χ3n) is 3.88. The van der Waals surface area contributed by atoms with Gasteiger partial charge >= 0.3 is 144 Å². The Morgan fingerprint density at radius 1 is 1.27 bits per heavy atom. The van der Waals surface area contributed by atoms with Gasteiger partial charge < -0.3 is 0 Å². The van der Waals surface area contributed by atoms with Crippen molar-refractivity contribution in [3.63, 3.8) is 0 Å². The number of thiophene rings is 1. The maximum atomic E-state index is 10.0. The molecule has 1 N–H and O–H groups in total. The van der Waals surface area contributed by atoms with Crippen LogP contribution in [0.1, 0.15) is 10.4 Å². The number of rotatable bonds is 2. The molecule has 0 fully saturated rings. The van der Waals surface area contributed by atoms with Crippen LogP contribution in [0.4, 0.5) is 0 Å². The SMILES string of the molecule is [B][I-]N1CCc2c(sc3nnc(-c4ccccc4O)cc23)C1. The Morgan fingerprint density at radius 3 is 2.95 bits per heavy atom. The van der Waals surface area contributed by atoms with E-state index in [0.717, 1.165) is 35.6 Å². The topological polar surface area (TPSA) is 49.2 Å². The fourth-order valence-corrected chi connectivity index (χ4v) is 5.23. The molecular formula is C15H12BIN3OS-. The van der Waals surface area contributed by atoms with Gasteiger partial charge in [-0.05, 0) is 0 Å². The minimum absolute atomic E-state index is 0.235. The molecule has 4 rings (SSSR count). The van der Waals surface area contributed by atoms with Crippen molar-refractivity contribution < 1.29 is 26.4 Å². The maximum absolute atomic E-state index is 10.0. The summed E-state index contributed by atoms with van der Waals surface area (Å²) in [5.41, 5.74) is 8.68. The number of fused-ring (bicyclic) bond motifs is 3. The van der Waals surface area contributed by atoms with Gasteiger partial charge in [0.1, 0.15) is 0 Å². The average molecular weight is 420 g/mol. The van der Waals surface area contributed by atoms with Gasteiger partial charge in [-0.1, -0.05) is 0 Å². The summed E-state index contributed by atoms with van der Waals surface area (Å²) in [6.07, 6.45) is 1.01. The molecule has 110 valence electrons. The Labute approximate surface area is 143 Å². The van der Waals surface area contributed by atoms with E-state index in [-0.39, 0.29) is 27.0 Å². The van der Waals surface area contributed by atoms with Crippen LogP contribution >= 0.6 is 11.3 Å². The van der Waals surface area contributed by atoms with Gasteiger partial charge in [0.15, 0.2) is 0 Å². The molecule has 1 aliphatic heterocycles. The molecule has 1 aliphatic rings. The third-order valence-corrected chi connectivity index (χ3v) is 6.61. The molecule has 0 saturated heterocycles. The molecule has 2 radical (unpaired) electrons. The van der Waals surface area contributed by atoms with E-state index in [1.165, 1.54) is 15.8 Å². The zero-order chi connectivity index (χ0) is 15.1. The summed E-state index contributed by atoms with van der Waals surface area (Å²) in [5, 5.41) is 19.8.